The Bertz CT molecular complexity index is 1000. The fraction of sp³-hybridized carbons (Fsp3) is 0.350. The second-order valence-electron chi connectivity index (χ2n) is 6.27. The first kappa shape index (κ1) is 21.0. The molecule has 1 aliphatic carbocycles. The van der Waals surface area contributed by atoms with Gasteiger partial charge >= 0.3 is 0 Å². The van der Waals surface area contributed by atoms with E-state index in [-0.39, 0.29) is 23.3 Å². The molecule has 6 nitrogen and oxygen atoms in total. The van der Waals surface area contributed by atoms with Gasteiger partial charge in [0.05, 0.1) is 11.4 Å². The van der Waals surface area contributed by atoms with E-state index < -0.39 is 12.2 Å². The fourth-order valence-electron chi connectivity index (χ4n) is 2.74. The van der Waals surface area contributed by atoms with E-state index in [1.807, 2.05) is 44.4 Å². The monoisotopic (exact) mass is 419 g/mol. The van der Waals surface area contributed by atoms with Gasteiger partial charge in [-0.3, -0.25) is 4.79 Å². The molecule has 29 heavy (non-hydrogen) atoms. The van der Waals surface area contributed by atoms with E-state index in [0.717, 1.165) is 23.4 Å². The number of hydrogen-bond acceptors (Lipinski definition) is 5. The summed E-state index contributed by atoms with van der Waals surface area (Å²) in [5.74, 6) is -0.269. The van der Waals surface area contributed by atoms with Crippen molar-refractivity contribution in [2.24, 2.45) is 5.92 Å². The van der Waals surface area contributed by atoms with Gasteiger partial charge in [-0.1, -0.05) is 26.0 Å². The minimum Gasteiger partial charge on any atom is -0.353 e. The van der Waals surface area contributed by atoms with Gasteiger partial charge in [0.1, 0.15) is 11.3 Å². The zero-order valence-corrected chi connectivity index (χ0v) is 17.2. The molecule has 3 aromatic rings. The number of pyridine rings is 1. The highest BCUT2D eigenvalue weighted by atomic mass is 32.2. The van der Waals surface area contributed by atoms with Gasteiger partial charge in [-0.2, -0.15) is 0 Å². The van der Waals surface area contributed by atoms with Crippen molar-refractivity contribution >= 4 is 46.0 Å². The van der Waals surface area contributed by atoms with E-state index in [1.54, 1.807) is 17.8 Å². The van der Waals surface area contributed by atoms with E-state index in [4.69, 9.17) is 0 Å². The fourth-order valence-corrected chi connectivity index (χ4v) is 3.29. The molecule has 0 radical (unpaired) electrons. The number of H-pyrrole nitrogens is 1. The summed E-state index contributed by atoms with van der Waals surface area (Å²) in [4.78, 5) is 23.8. The number of amides is 1. The highest BCUT2D eigenvalue weighted by Gasteiger charge is 2.30. The van der Waals surface area contributed by atoms with Crippen LogP contribution in [0.2, 0.25) is 0 Å². The van der Waals surface area contributed by atoms with Crippen LogP contribution in [0.25, 0.3) is 11.2 Å². The molecule has 2 heterocycles. The number of benzene rings is 1. The first-order chi connectivity index (χ1) is 14.0. The molecule has 9 heteroatoms. The van der Waals surface area contributed by atoms with Crippen LogP contribution in [0, 0.1) is 5.92 Å². The minimum absolute atomic E-state index is 0.00642. The molecule has 3 N–H and O–H groups in total. The van der Waals surface area contributed by atoms with Crippen molar-refractivity contribution in [2.45, 2.75) is 38.0 Å². The van der Waals surface area contributed by atoms with E-state index in [1.165, 1.54) is 0 Å². The summed E-state index contributed by atoms with van der Waals surface area (Å²) in [5, 5.41) is 6.00. The third-order valence-electron chi connectivity index (χ3n) is 4.26. The molecule has 2 aromatic heterocycles. The Morgan fingerprint density at radius 2 is 1.93 bits per heavy atom. The standard InChI is InChI=1S/C18H17F2N5OS.C2H6/c1-27-12-5-3-2-4-10(12)21-11-8-13(23-18(26)9-6-7-9)22-16-14(11)24-17(25-16)15(19)20;1-2/h2-5,8-9,15H,6-7H2,1H3,(H3,21,22,23,24,25,26);1-2H3. The van der Waals surface area contributed by atoms with Crippen LogP contribution >= 0.6 is 11.8 Å². The van der Waals surface area contributed by atoms with Crippen molar-refractivity contribution in [2.75, 3.05) is 16.9 Å². The number of thioether (sulfide) groups is 1. The number of aromatic amines is 1. The van der Waals surface area contributed by atoms with Crippen molar-refractivity contribution in [3.63, 3.8) is 0 Å². The molecule has 1 aliphatic rings. The Hall–Kier alpha value is -2.68. The molecule has 154 valence electrons. The smallest absolute Gasteiger partial charge is 0.295 e. The first-order valence-electron chi connectivity index (χ1n) is 9.45. The molecular formula is C20H23F2N5OS. The lowest BCUT2D eigenvalue weighted by molar-refractivity contribution is -0.117. The molecule has 0 aliphatic heterocycles. The Morgan fingerprint density at radius 1 is 1.21 bits per heavy atom. The van der Waals surface area contributed by atoms with Crippen molar-refractivity contribution in [1.29, 1.82) is 0 Å². The second-order valence-corrected chi connectivity index (χ2v) is 7.11. The summed E-state index contributed by atoms with van der Waals surface area (Å²) in [6.45, 7) is 4.00. The second kappa shape index (κ2) is 9.21. The predicted octanol–water partition coefficient (Wildman–Crippen LogP) is 5.74. The molecule has 1 fully saturated rings. The number of nitrogens with zero attached hydrogens (tertiary/aromatic N) is 2. The van der Waals surface area contributed by atoms with Crippen LogP contribution in [0.15, 0.2) is 35.2 Å². The van der Waals surface area contributed by atoms with E-state index in [0.29, 0.717) is 11.2 Å². The average Bonchev–Trinajstić information content (AvgIpc) is 3.49. The number of imidazole rings is 1. The number of rotatable bonds is 6. The van der Waals surface area contributed by atoms with Crippen LogP contribution in [-0.2, 0) is 4.79 Å². The normalized spacial score (nSPS) is 13.2. The Labute approximate surface area is 171 Å². The van der Waals surface area contributed by atoms with Crippen LogP contribution in [0.1, 0.15) is 38.9 Å². The average molecular weight is 420 g/mol. The number of carbonyl (C=O) groups is 1. The summed E-state index contributed by atoms with van der Waals surface area (Å²) in [5.41, 5.74) is 1.84. The van der Waals surface area contributed by atoms with Gasteiger partial charge in [-0.05, 0) is 31.2 Å². The summed E-state index contributed by atoms with van der Waals surface area (Å²) in [6, 6.07) is 9.29. The van der Waals surface area contributed by atoms with Crippen LogP contribution in [0.5, 0.6) is 0 Å². The predicted molar refractivity (Wildman–Crippen MR) is 113 cm³/mol. The zero-order valence-electron chi connectivity index (χ0n) is 16.4. The van der Waals surface area contributed by atoms with E-state index in [2.05, 4.69) is 25.6 Å². The first-order valence-corrected chi connectivity index (χ1v) is 10.7. The Kier molecular flexibility index (Phi) is 6.68. The Morgan fingerprint density at radius 3 is 2.59 bits per heavy atom. The summed E-state index contributed by atoms with van der Waals surface area (Å²) in [7, 11) is 0. The Balaban J connectivity index is 0.00000117. The summed E-state index contributed by atoms with van der Waals surface area (Å²) in [6.07, 6.45) is 0.931. The highest BCUT2D eigenvalue weighted by Crippen LogP contribution is 2.34. The van der Waals surface area contributed by atoms with Crippen molar-refractivity contribution in [1.82, 2.24) is 15.0 Å². The number of fused-ring (bicyclic) bond motifs is 1. The molecule has 1 aromatic carbocycles. The number of anilines is 3. The lowest BCUT2D eigenvalue weighted by atomic mass is 10.2. The maximum atomic E-state index is 13.1. The number of hydrogen-bond donors (Lipinski definition) is 3. The number of para-hydroxylation sites is 1. The molecule has 0 saturated heterocycles. The molecule has 0 bridgehead atoms. The third-order valence-corrected chi connectivity index (χ3v) is 5.06. The number of halogens is 2. The maximum absolute atomic E-state index is 13.1. The van der Waals surface area contributed by atoms with Gasteiger partial charge in [0.15, 0.2) is 11.5 Å². The zero-order chi connectivity index (χ0) is 21.0. The topological polar surface area (TPSA) is 82.7 Å². The van der Waals surface area contributed by atoms with E-state index >= 15 is 0 Å². The van der Waals surface area contributed by atoms with Crippen LogP contribution in [0.3, 0.4) is 0 Å². The molecule has 4 rings (SSSR count). The molecule has 0 spiro atoms. The van der Waals surface area contributed by atoms with Gasteiger partial charge in [0, 0.05) is 16.9 Å². The third kappa shape index (κ3) is 4.84. The number of carbonyl (C=O) groups excluding carboxylic acids is 1. The molecule has 0 atom stereocenters. The quantitative estimate of drug-likeness (QED) is 0.444. The molecular weight excluding hydrogens is 396 g/mol. The number of nitrogens with one attached hydrogen (secondary N) is 3. The van der Waals surface area contributed by atoms with Crippen molar-refractivity contribution in [3.05, 3.63) is 36.2 Å². The SMILES string of the molecule is CC.CSc1ccccc1Nc1cc(NC(=O)C2CC2)nc2nc(C(F)F)[nH]c12. The largest absolute Gasteiger partial charge is 0.353 e. The van der Waals surface area contributed by atoms with Gasteiger partial charge in [-0.25, -0.2) is 18.7 Å². The van der Waals surface area contributed by atoms with Gasteiger partial charge in [0.25, 0.3) is 6.43 Å². The molecule has 1 saturated carbocycles. The van der Waals surface area contributed by atoms with Crippen LogP contribution < -0.4 is 10.6 Å². The van der Waals surface area contributed by atoms with E-state index in [9.17, 15) is 13.6 Å². The van der Waals surface area contributed by atoms with Gasteiger partial charge < -0.3 is 15.6 Å². The highest BCUT2D eigenvalue weighted by molar-refractivity contribution is 7.98. The lowest BCUT2D eigenvalue weighted by Crippen LogP contribution is -2.14. The number of aromatic nitrogens is 3. The minimum atomic E-state index is -2.74. The summed E-state index contributed by atoms with van der Waals surface area (Å²) >= 11 is 1.56. The van der Waals surface area contributed by atoms with Crippen LogP contribution in [-0.4, -0.2) is 27.1 Å². The molecule has 1 amide bonds. The molecule has 0 unspecified atom stereocenters. The summed E-state index contributed by atoms with van der Waals surface area (Å²) < 4.78 is 26.2. The lowest BCUT2D eigenvalue weighted by Gasteiger charge is -2.12. The van der Waals surface area contributed by atoms with Gasteiger partial charge in [0.2, 0.25) is 5.91 Å². The number of alkyl halides is 2. The van der Waals surface area contributed by atoms with Crippen LogP contribution in [0.4, 0.5) is 26.0 Å². The maximum Gasteiger partial charge on any atom is 0.295 e. The van der Waals surface area contributed by atoms with Crippen molar-refractivity contribution in [3.8, 4) is 0 Å². The van der Waals surface area contributed by atoms with Gasteiger partial charge in [-0.15, -0.1) is 11.8 Å². The van der Waals surface area contributed by atoms with Crippen molar-refractivity contribution < 1.29 is 13.6 Å².